The van der Waals surface area contributed by atoms with Crippen LogP contribution in [0.5, 0.6) is 5.75 Å². The normalized spacial score (nSPS) is 10.5. The number of ether oxygens (including phenoxy) is 1. The molecule has 2 aromatic heterocycles. The fourth-order valence-electron chi connectivity index (χ4n) is 2.21. The van der Waals surface area contributed by atoms with Gasteiger partial charge in [-0.1, -0.05) is 5.16 Å². The lowest BCUT2D eigenvalue weighted by atomic mass is 10.2. The van der Waals surface area contributed by atoms with Gasteiger partial charge in [-0.2, -0.15) is 16.3 Å². The third-order valence-electron chi connectivity index (χ3n) is 3.57. The van der Waals surface area contributed by atoms with Gasteiger partial charge in [0.1, 0.15) is 5.75 Å². The van der Waals surface area contributed by atoms with Crippen molar-refractivity contribution >= 4 is 28.8 Å². The van der Waals surface area contributed by atoms with E-state index in [1.165, 1.54) is 0 Å². The summed E-state index contributed by atoms with van der Waals surface area (Å²) in [6, 6.07) is 8.77. The Bertz CT molecular complexity index is 890. The van der Waals surface area contributed by atoms with Crippen LogP contribution < -0.4 is 15.8 Å². The highest BCUT2D eigenvalue weighted by Crippen LogP contribution is 2.19. The minimum Gasteiger partial charge on any atom is -0.493 e. The molecule has 0 bridgehead atoms. The molecule has 140 valence electrons. The quantitative estimate of drug-likeness (QED) is 0.583. The predicted octanol–water partition coefficient (Wildman–Crippen LogP) is 2.62. The molecule has 2 heterocycles. The summed E-state index contributed by atoms with van der Waals surface area (Å²) in [5.74, 6) is 0.972. The Labute approximate surface area is 159 Å². The van der Waals surface area contributed by atoms with E-state index in [4.69, 9.17) is 15.0 Å². The Morgan fingerprint density at radius 1 is 1.19 bits per heavy atom. The first-order valence-corrected chi connectivity index (χ1v) is 9.20. The van der Waals surface area contributed by atoms with Gasteiger partial charge in [0.2, 0.25) is 23.5 Å². The first kappa shape index (κ1) is 18.6. The van der Waals surface area contributed by atoms with E-state index >= 15 is 0 Å². The zero-order chi connectivity index (χ0) is 19.1. The molecule has 3 rings (SSSR count). The SMILES string of the molecule is NC(=O)CCOc1ccc(NC(=O)CCc2nc(-c3ccsc3)no2)cc1. The second-order valence-corrected chi connectivity index (χ2v) is 6.44. The number of nitrogens with zero attached hydrogens (tertiary/aromatic N) is 2. The maximum atomic E-state index is 12.1. The minimum atomic E-state index is -0.414. The average molecular weight is 386 g/mol. The second kappa shape index (κ2) is 8.95. The molecular weight excluding hydrogens is 368 g/mol. The van der Waals surface area contributed by atoms with Crippen molar-refractivity contribution in [3.05, 3.63) is 47.0 Å². The van der Waals surface area contributed by atoms with Crippen LogP contribution in [0.2, 0.25) is 0 Å². The summed E-state index contributed by atoms with van der Waals surface area (Å²) in [4.78, 5) is 27.0. The van der Waals surface area contributed by atoms with Crippen LogP contribution in [0.3, 0.4) is 0 Å². The van der Waals surface area contributed by atoms with E-state index in [9.17, 15) is 9.59 Å². The predicted molar refractivity (Wildman–Crippen MR) is 100 cm³/mol. The van der Waals surface area contributed by atoms with Crippen LogP contribution in [0.15, 0.2) is 45.6 Å². The monoisotopic (exact) mass is 386 g/mol. The highest BCUT2D eigenvalue weighted by Gasteiger charge is 2.11. The summed E-state index contributed by atoms with van der Waals surface area (Å²) in [6.07, 6.45) is 0.738. The number of amides is 2. The third kappa shape index (κ3) is 5.65. The van der Waals surface area contributed by atoms with E-state index in [0.29, 0.717) is 29.6 Å². The second-order valence-electron chi connectivity index (χ2n) is 5.66. The molecule has 0 radical (unpaired) electrons. The lowest BCUT2D eigenvalue weighted by Gasteiger charge is -2.07. The Balaban J connectivity index is 1.44. The molecule has 3 aromatic rings. The van der Waals surface area contributed by atoms with Crippen molar-refractivity contribution in [2.24, 2.45) is 5.73 Å². The summed E-state index contributed by atoms with van der Waals surface area (Å²) in [6.45, 7) is 0.221. The van der Waals surface area contributed by atoms with Gasteiger partial charge in [-0.25, -0.2) is 0 Å². The molecule has 0 aliphatic heterocycles. The van der Waals surface area contributed by atoms with Crippen molar-refractivity contribution in [1.82, 2.24) is 10.1 Å². The molecule has 0 aliphatic carbocycles. The number of rotatable bonds is 9. The first-order chi connectivity index (χ1) is 13.1. The van der Waals surface area contributed by atoms with Gasteiger partial charge in [-0.15, -0.1) is 0 Å². The number of nitrogens with two attached hydrogens (primary N) is 1. The van der Waals surface area contributed by atoms with Gasteiger partial charge in [-0.3, -0.25) is 9.59 Å². The van der Waals surface area contributed by atoms with Crippen LogP contribution in [0, 0.1) is 0 Å². The van der Waals surface area contributed by atoms with E-state index in [2.05, 4.69) is 15.5 Å². The van der Waals surface area contributed by atoms with Gasteiger partial charge in [-0.05, 0) is 35.7 Å². The molecule has 0 spiro atoms. The summed E-state index contributed by atoms with van der Waals surface area (Å²) < 4.78 is 10.5. The zero-order valence-electron chi connectivity index (χ0n) is 14.4. The number of carbonyl (C=O) groups excluding carboxylic acids is 2. The maximum Gasteiger partial charge on any atom is 0.227 e. The maximum absolute atomic E-state index is 12.1. The molecule has 0 unspecified atom stereocenters. The van der Waals surface area contributed by atoms with Crippen molar-refractivity contribution < 1.29 is 18.8 Å². The van der Waals surface area contributed by atoms with Crippen molar-refractivity contribution in [1.29, 1.82) is 0 Å². The largest absolute Gasteiger partial charge is 0.493 e. The van der Waals surface area contributed by atoms with Crippen LogP contribution in [-0.2, 0) is 16.0 Å². The van der Waals surface area contributed by atoms with E-state index in [-0.39, 0.29) is 25.4 Å². The number of thiophene rings is 1. The Kier molecular flexibility index (Phi) is 6.16. The van der Waals surface area contributed by atoms with Gasteiger partial charge in [0.15, 0.2) is 0 Å². The van der Waals surface area contributed by atoms with Crippen molar-refractivity contribution in [3.8, 4) is 17.1 Å². The molecule has 1 aromatic carbocycles. The molecule has 27 heavy (non-hydrogen) atoms. The van der Waals surface area contributed by atoms with Gasteiger partial charge < -0.3 is 20.3 Å². The Morgan fingerprint density at radius 2 is 2.00 bits per heavy atom. The Hall–Kier alpha value is -3.20. The number of aryl methyl sites for hydroxylation is 1. The molecule has 3 N–H and O–H groups in total. The van der Waals surface area contributed by atoms with Crippen molar-refractivity contribution in [2.75, 3.05) is 11.9 Å². The van der Waals surface area contributed by atoms with E-state index in [0.717, 1.165) is 5.56 Å². The van der Waals surface area contributed by atoms with Crippen molar-refractivity contribution in [3.63, 3.8) is 0 Å². The van der Waals surface area contributed by atoms with Crippen LogP contribution in [0.25, 0.3) is 11.4 Å². The summed E-state index contributed by atoms with van der Waals surface area (Å²) >= 11 is 1.55. The lowest BCUT2D eigenvalue weighted by Crippen LogP contribution is -2.14. The molecular formula is C18H18N4O4S. The molecule has 0 aliphatic rings. The number of nitrogens with one attached hydrogen (secondary N) is 1. The summed E-state index contributed by atoms with van der Waals surface area (Å²) in [5, 5.41) is 10.6. The Morgan fingerprint density at radius 3 is 2.70 bits per heavy atom. The van der Waals surface area contributed by atoms with E-state index < -0.39 is 5.91 Å². The molecule has 9 heteroatoms. The molecule has 8 nitrogen and oxygen atoms in total. The molecule has 0 fully saturated rings. The number of carbonyl (C=O) groups is 2. The van der Waals surface area contributed by atoms with E-state index in [1.807, 2.05) is 16.8 Å². The minimum absolute atomic E-state index is 0.155. The average Bonchev–Trinajstić information content (AvgIpc) is 3.33. The third-order valence-corrected chi connectivity index (χ3v) is 4.25. The number of aromatic nitrogens is 2. The van der Waals surface area contributed by atoms with Crippen LogP contribution in [0.1, 0.15) is 18.7 Å². The smallest absolute Gasteiger partial charge is 0.227 e. The summed E-state index contributed by atoms with van der Waals surface area (Å²) in [7, 11) is 0. The standard InChI is InChI=1S/C18H18N4O4S/c19-15(23)7-9-25-14-3-1-13(2-4-14)20-16(24)5-6-17-21-18(22-26-17)12-8-10-27-11-12/h1-4,8,10-11H,5-7,9H2,(H2,19,23)(H,20,24). The molecule has 0 saturated carbocycles. The fourth-order valence-corrected chi connectivity index (χ4v) is 2.85. The topological polar surface area (TPSA) is 120 Å². The molecule has 2 amide bonds. The van der Waals surface area contributed by atoms with Crippen LogP contribution in [0.4, 0.5) is 5.69 Å². The van der Waals surface area contributed by atoms with Gasteiger partial charge >= 0.3 is 0 Å². The number of anilines is 1. The number of hydrogen-bond donors (Lipinski definition) is 2. The van der Waals surface area contributed by atoms with Gasteiger partial charge in [0.05, 0.1) is 13.0 Å². The first-order valence-electron chi connectivity index (χ1n) is 8.26. The zero-order valence-corrected chi connectivity index (χ0v) is 15.2. The fraction of sp³-hybridized carbons (Fsp3) is 0.222. The highest BCUT2D eigenvalue weighted by atomic mass is 32.1. The van der Waals surface area contributed by atoms with E-state index in [1.54, 1.807) is 35.6 Å². The van der Waals surface area contributed by atoms with Crippen LogP contribution >= 0.6 is 11.3 Å². The highest BCUT2D eigenvalue weighted by molar-refractivity contribution is 7.08. The number of benzene rings is 1. The van der Waals surface area contributed by atoms with Crippen LogP contribution in [-0.4, -0.2) is 28.6 Å². The lowest BCUT2D eigenvalue weighted by molar-refractivity contribution is -0.118. The number of hydrogen-bond acceptors (Lipinski definition) is 7. The molecule has 0 saturated heterocycles. The van der Waals surface area contributed by atoms with Gasteiger partial charge in [0, 0.05) is 29.5 Å². The number of primary amides is 1. The summed E-state index contributed by atoms with van der Waals surface area (Å²) in [5.41, 5.74) is 6.60. The van der Waals surface area contributed by atoms with Crippen molar-refractivity contribution in [2.45, 2.75) is 19.3 Å². The molecule has 0 atom stereocenters. The van der Waals surface area contributed by atoms with Gasteiger partial charge in [0.25, 0.3) is 0 Å².